The minimum Gasteiger partial charge on any atom is -0.342 e. The highest BCUT2D eigenvalue weighted by Crippen LogP contribution is 2.31. The van der Waals surface area contributed by atoms with E-state index in [4.69, 9.17) is 0 Å². The van der Waals surface area contributed by atoms with Crippen LogP contribution in [0.3, 0.4) is 0 Å². The molecule has 2 aromatic rings. The summed E-state index contributed by atoms with van der Waals surface area (Å²) in [6.45, 7) is 12.4. The molecule has 0 amide bonds. The van der Waals surface area contributed by atoms with Crippen LogP contribution >= 0.6 is 0 Å². The Hall–Kier alpha value is -1.39. The van der Waals surface area contributed by atoms with Gasteiger partial charge in [0.15, 0.2) is 0 Å². The highest BCUT2D eigenvalue weighted by Gasteiger charge is 2.25. The second kappa shape index (κ2) is 5.43. The number of hydrogen-bond donors (Lipinski definition) is 1. The number of hydrogen-bond acceptors (Lipinski definition) is 3. The van der Waals surface area contributed by atoms with E-state index in [0.29, 0.717) is 0 Å². The largest absolute Gasteiger partial charge is 0.342 e. The number of likely N-dealkylation sites (N-methyl/N-ethyl adjacent to an activating group) is 1. The zero-order valence-corrected chi connectivity index (χ0v) is 13.6. The van der Waals surface area contributed by atoms with Crippen molar-refractivity contribution in [2.75, 3.05) is 33.2 Å². The van der Waals surface area contributed by atoms with Crippen molar-refractivity contribution in [3.05, 3.63) is 29.6 Å². The molecule has 0 aromatic carbocycles. The summed E-state index contributed by atoms with van der Waals surface area (Å²) in [5.41, 5.74) is 3.89. The van der Waals surface area contributed by atoms with Crippen LogP contribution < -0.4 is 0 Å². The average molecular weight is 286 g/mol. The summed E-state index contributed by atoms with van der Waals surface area (Å²) in [7, 11) is 2.20. The molecule has 0 atom stereocenters. The van der Waals surface area contributed by atoms with Gasteiger partial charge >= 0.3 is 0 Å². The number of nitrogens with one attached hydrogen (secondary N) is 1. The van der Waals surface area contributed by atoms with Crippen LogP contribution in [0.2, 0.25) is 0 Å². The van der Waals surface area contributed by atoms with E-state index in [1.54, 1.807) is 0 Å². The first-order valence-electron chi connectivity index (χ1n) is 7.82. The fourth-order valence-electron chi connectivity index (χ4n) is 3.11. The van der Waals surface area contributed by atoms with Crippen molar-refractivity contribution >= 4 is 11.0 Å². The van der Waals surface area contributed by atoms with Crippen LogP contribution in [-0.2, 0) is 12.0 Å². The summed E-state index contributed by atoms with van der Waals surface area (Å²) in [5, 5.41) is 1.28. The lowest BCUT2D eigenvalue weighted by Crippen LogP contribution is -2.44. The minimum atomic E-state index is 0.114. The van der Waals surface area contributed by atoms with Crippen molar-refractivity contribution in [2.45, 2.75) is 32.7 Å². The third-order valence-electron chi connectivity index (χ3n) is 4.41. The first kappa shape index (κ1) is 14.5. The van der Waals surface area contributed by atoms with Crippen LogP contribution in [0.15, 0.2) is 18.3 Å². The monoisotopic (exact) mass is 286 g/mol. The van der Waals surface area contributed by atoms with Crippen molar-refractivity contribution in [3.63, 3.8) is 0 Å². The predicted octanol–water partition coefficient (Wildman–Crippen LogP) is 2.61. The summed E-state index contributed by atoms with van der Waals surface area (Å²) < 4.78 is 0. The fraction of sp³-hybridized carbons (Fsp3) is 0.588. The van der Waals surface area contributed by atoms with Gasteiger partial charge in [-0.2, -0.15) is 0 Å². The van der Waals surface area contributed by atoms with E-state index in [2.05, 4.69) is 53.7 Å². The van der Waals surface area contributed by atoms with Gasteiger partial charge in [-0.1, -0.05) is 20.8 Å². The Labute approximate surface area is 127 Å². The van der Waals surface area contributed by atoms with Crippen LogP contribution in [0.25, 0.3) is 11.0 Å². The predicted molar refractivity (Wildman–Crippen MR) is 87.6 cm³/mol. The van der Waals surface area contributed by atoms with E-state index < -0.39 is 0 Å². The molecule has 0 saturated carbocycles. The quantitative estimate of drug-likeness (QED) is 0.921. The Kier molecular flexibility index (Phi) is 3.76. The van der Waals surface area contributed by atoms with Crippen molar-refractivity contribution in [1.29, 1.82) is 0 Å². The van der Waals surface area contributed by atoms with Crippen LogP contribution in [-0.4, -0.2) is 53.0 Å². The molecule has 0 spiro atoms. The SMILES string of the molecule is CN1CCN(Cc2c(C(C)(C)C)[nH]c3ncccc23)CC1. The van der Waals surface area contributed by atoms with Gasteiger partial charge in [-0.25, -0.2) is 4.98 Å². The molecule has 21 heavy (non-hydrogen) atoms. The van der Waals surface area contributed by atoms with Crippen molar-refractivity contribution in [2.24, 2.45) is 0 Å². The van der Waals surface area contributed by atoms with Gasteiger partial charge in [0.05, 0.1) is 0 Å². The fourth-order valence-corrected chi connectivity index (χ4v) is 3.11. The third kappa shape index (κ3) is 2.97. The highest BCUT2D eigenvalue weighted by molar-refractivity contribution is 5.81. The zero-order chi connectivity index (χ0) is 15.0. The highest BCUT2D eigenvalue weighted by atomic mass is 15.2. The average Bonchev–Trinajstić information content (AvgIpc) is 2.81. The topological polar surface area (TPSA) is 35.2 Å². The molecule has 1 N–H and O–H groups in total. The molecule has 1 saturated heterocycles. The second-order valence-electron chi connectivity index (χ2n) is 7.21. The summed E-state index contributed by atoms with van der Waals surface area (Å²) in [6.07, 6.45) is 1.87. The Morgan fingerprint density at radius 3 is 2.57 bits per heavy atom. The number of aromatic amines is 1. The molecule has 0 unspecified atom stereocenters. The lowest BCUT2D eigenvalue weighted by atomic mass is 9.88. The number of fused-ring (bicyclic) bond motifs is 1. The normalized spacial score (nSPS) is 18.5. The van der Waals surface area contributed by atoms with E-state index in [-0.39, 0.29) is 5.41 Å². The molecule has 2 aromatic heterocycles. The van der Waals surface area contributed by atoms with Gasteiger partial charge in [0.25, 0.3) is 0 Å². The van der Waals surface area contributed by atoms with Gasteiger partial charge in [-0.05, 0) is 24.7 Å². The summed E-state index contributed by atoms with van der Waals surface area (Å²) in [6, 6.07) is 4.23. The number of nitrogens with zero attached hydrogens (tertiary/aromatic N) is 3. The van der Waals surface area contributed by atoms with E-state index in [0.717, 1.165) is 38.4 Å². The summed E-state index contributed by atoms with van der Waals surface area (Å²) >= 11 is 0. The Balaban J connectivity index is 1.96. The molecular weight excluding hydrogens is 260 g/mol. The van der Waals surface area contributed by atoms with Crippen molar-refractivity contribution in [1.82, 2.24) is 19.8 Å². The molecule has 114 valence electrons. The Bertz CT molecular complexity index is 615. The number of H-pyrrole nitrogens is 1. The lowest BCUT2D eigenvalue weighted by molar-refractivity contribution is 0.148. The molecule has 1 aliphatic heterocycles. The van der Waals surface area contributed by atoms with E-state index in [1.165, 1.54) is 16.6 Å². The van der Waals surface area contributed by atoms with Gasteiger partial charge < -0.3 is 9.88 Å². The van der Waals surface area contributed by atoms with E-state index in [9.17, 15) is 0 Å². The first-order valence-corrected chi connectivity index (χ1v) is 7.82. The Morgan fingerprint density at radius 2 is 1.90 bits per heavy atom. The van der Waals surface area contributed by atoms with Gasteiger partial charge in [-0.15, -0.1) is 0 Å². The molecule has 4 nitrogen and oxygen atoms in total. The van der Waals surface area contributed by atoms with Gasteiger partial charge in [-0.3, -0.25) is 4.90 Å². The van der Waals surface area contributed by atoms with Crippen LogP contribution in [0.4, 0.5) is 0 Å². The Morgan fingerprint density at radius 1 is 1.19 bits per heavy atom. The molecular formula is C17H26N4. The molecule has 1 aliphatic rings. The van der Waals surface area contributed by atoms with E-state index >= 15 is 0 Å². The standard InChI is InChI=1S/C17H26N4/c1-17(2,3)15-14(12-21-10-8-20(4)9-11-21)13-6-5-7-18-16(13)19-15/h5-7H,8-12H2,1-4H3,(H,18,19). The van der Waals surface area contributed by atoms with Gasteiger partial charge in [0.1, 0.15) is 5.65 Å². The maximum atomic E-state index is 4.50. The lowest BCUT2D eigenvalue weighted by Gasteiger charge is -2.33. The molecule has 4 heteroatoms. The smallest absolute Gasteiger partial charge is 0.137 e. The molecule has 0 radical (unpaired) electrons. The molecule has 3 heterocycles. The van der Waals surface area contributed by atoms with Crippen molar-refractivity contribution < 1.29 is 0 Å². The first-order chi connectivity index (χ1) is 9.95. The number of rotatable bonds is 2. The van der Waals surface area contributed by atoms with Gasteiger partial charge in [0.2, 0.25) is 0 Å². The molecule has 0 bridgehead atoms. The zero-order valence-electron chi connectivity index (χ0n) is 13.6. The van der Waals surface area contributed by atoms with Crippen LogP contribution in [0, 0.1) is 0 Å². The summed E-state index contributed by atoms with van der Waals surface area (Å²) in [5.74, 6) is 0. The minimum absolute atomic E-state index is 0.114. The van der Waals surface area contributed by atoms with E-state index in [1.807, 2.05) is 12.3 Å². The third-order valence-corrected chi connectivity index (χ3v) is 4.41. The maximum absolute atomic E-state index is 4.50. The van der Waals surface area contributed by atoms with Crippen molar-refractivity contribution in [3.8, 4) is 0 Å². The van der Waals surface area contributed by atoms with Crippen LogP contribution in [0.5, 0.6) is 0 Å². The van der Waals surface area contributed by atoms with Crippen LogP contribution in [0.1, 0.15) is 32.0 Å². The number of aromatic nitrogens is 2. The second-order valence-corrected chi connectivity index (χ2v) is 7.21. The summed E-state index contributed by atoms with van der Waals surface area (Å²) in [4.78, 5) is 13.0. The molecule has 1 fully saturated rings. The molecule has 0 aliphatic carbocycles. The number of piperazine rings is 1. The number of pyridine rings is 1. The van der Waals surface area contributed by atoms with Gasteiger partial charge in [0, 0.05) is 55.4 Å². The maximum Gasteiger partial charge on any atom is 0.137 e. The molecule has 3 rings (SSSR count).